The van der Waals surface area contributed by atoms with Gasteiger partial charge >= 0.3 is 5.97 Å². The molecule has 0 radical (unpaired) electrons. The van der Waals surface area contributed by atoms with E-state index >= 15 is 0 Å². The number of aryl methyl sites for hydroxylation is 2. The fraction of sp³-hybridized carbons (Fsp3) is 0.167. The van der Waals surface area contributed by atoms with Crippen LogP contribution < -0.4 is 5.01 Å². The molecule has 0 saturated carbocycles. The third-order valence-corrected chi connectivity index (χ3v) is 6.20. The number of rotatable bonds is 6. The molecule has 1 aliphatic heterocycles. The summed E-state index contributed by atoms with van der Waals surface area (Å²) in [4.78, 5) is 23.4. The summed E-state index contributed by atoms with van der Waals surface area (Å²) >= 11 is 0. The van der Waals surface area contributed by atoms with Gasteiger partial charge in [-0.25, -0.2) is 4.79 Å². The number of carbonyl (C=O) groups is 2. The van der Waals surface area contributed by atoms with E-state index in [9.17, 15) is 36.1 Å². The van der Waals surface area contributed by atoms with Gasteiger partial charge in [-0.2, -0.15) is 37.2 Å². The van der Waals surface area contributed by atoms with Crippen molar-refractivity contribution in [2.24, 2.45) is 15.3 Å². The van der Waals surface area contributed by atoms with Crippen molar-refractivity contribution in [3.8, 4) is 0 Å². The van der Waals surface area contributed by atoms with Crippen LogP contribution in [-0.2, 0) is 29.8 Å². The first kappa shape index (κ1) is 24.1. The Balaban J connectivity index is 2.02. The number of hydrogen-bond donors (Lipinski definition) is 3. The molecule has 0 saturated heterocycles. The molecule has 1 unspecified atom stereocenters. The summed E-state index contributed by atoms with van der Waals surface area (Å²) < 4.78 is 64.3. The molecule has 2 aromatic rings. The summed E-state index contributed by atoms with van der Waals surface area (Å²) in [6.07, 6.45) is 0. The van der Waals surface area contributed by atoms with Crippen molar-refractivity contribution in [1.29, 1.82) is 0 Å². The van der Waals surface area contributed by atoms with Crippen molar-refractivity contribution in [2.75, 3.05) is 5.01 Å². The zero-order valence-electron chi connectivity index (χ0n) is 16.9. The SMILES string of the molecule is Cc1cc(C)c(N=NC2C(=O)N(c3ccc(S(=O)(=O)O)cc3)N=C2C(=O)O)c(S(=O)(=O)O)c1. The van der Waals surface area contributed by atoms with E-state index in [1.54, 1.807) is 13.0 Å². The molecule has 0 fully saturated rings. The van der Waals surface area contributed by atoms with E-state index in [1.165, 1.54) is 6.92 Å². The number of carboxylic acid groups (broad SMARTS) is 1. The highest BCUT2D eigenvalue weighted by molar-refractivity contribution is 7.86. The van der Waals surface area contributed by atoms with Gasteiger partial charge in [0.2, 0.25) is 6.04 Å². The molecule has 15 heteroatoms. The molecule has 3 N–H and O–H groups in total. The lowest BCUT2D eigenvalue weighted by Gasteiger charge is -2.12. The van der Waals surface area contributed by atoms with Gasteiger partial charge in [-0.05, 0) is 55.3 Å². The molecule has 1 atom stereocenters. The van der Waals surface area contributed by atoms with Crippen molar-refractivity contribution in [1.82, 2.24) is 0 Å². The van der Waals surface area contributed by atoms with Crippen LogP contribution in [0.15, 0.2) is 61.5 Å². The molecular weight excluding hydrogens is 480 g/mol. The lowest BCUT2D eigenvalue weighted by Crippen LogP contribution is -2.33. The maximum Gasteiger partial charge on any atom is 0.355 e. The Hall–Kier alpha value is -3.53. The zero-order valence-corrected chi connectivity index (χ0v) is 18.6. The smallest absolute Gasteiger partial charge is 0.355 e. The van der Waals surface area contributed by atoms with Gasteiger partial charge < -0.3 is 5.11 Å². The number of azo groups is 1. The van der Waals surface area contributed by atoms with Crippen LogP contribution in [0.3, 0.4) is 0 Å². The number of anilines is 1. The van der Waals surface area contributed by atoms with Crippen LogP contribution in [-0.4, -0.2) is 54.7 Å². The third-order valence-electron chi connectivity index (χ3n) is 4.47. The fourth-order valence-electron chi connectivity index (χ4n) is 3.01. The Morgan fingerprint density at radius 3 is 2.15 bits per heavy atom. The second-order valence-corrected chi connectivity index (χ2v) is 9.74. The Kier molecular flexibility index (Phi) is 6.16. The van der Waals surface area contributed by atoms with Crippen LogP contribution in [0.4, 0.5) is 11.4 Å². The highest BCUT2D eigenvalue weighted by atomic mass is 32.2. The van der Waals surface area contributed by atoms with E-state index in [2.05, 4.69) is 15.3 Å². The second-order valence-electron chi connectivity index (χ2n) is 6.93. The molecule has 13 nitrogen and oxygen atoms in total. The predicted octanol–water partition coefficient (Wildman–Crippen LogP) is 1.74. The minimum atomic E-state index is -4.70. The second kappa shape index (κ2) is 8.43. The monoisotopic (exact) mass is 496 g/mol. The third kappa shape index (κ3) is 4.95. The van der Waals surface area contributed by atoms with Gasteiger partial charge in [-0.1, -0.05) is 6.07 Å². The first-order valence-corrected chi connectivity index (χ1v) is 11.8. The molecule has 0 spiro atoms. The van der Waals surface area contributed by atoms with Crippen molar-refractivity contribution in [2.45, 2.75) is 29.7 Å². The quantitative estimate of drug-likeness (QED) is 0.393. The minimum absolute atomic E-state index is 0.0195. The molecule has 0 aromatic heterocycles. The minimum Gasteiger partial charge on any atom is -0.477 e. The average molecular weight is 496 g/mol. The predicted molar refractivity (Wildman–Crippen MR) is 113 cm³/mol. The van der Waals surface area contributed by atoms with E-state index in [0.29, 0.717) is 16.1 Å². The van der Waals surface area contributed by atoms with Gasteiger partial charge in [0.25, 0.3) is 26.1 Å². The van der Waals surface area contributed by atoms with Crippen molar-refractivity contribution >= 4 is 49.2 Å². The molecule has 1 heterocycles. The molecular formula is C18H16N4O9S2. The van der Waals surface area contributed by atoms with Gasteiger partial charge in [0.15, 0.2) is 5.71 Å². The number of benzene rings is 2. The highest BCUT2D eigenvalue weighted by Gasteiger charge is 2.41. The van der Waals surface area contributed by atoms with Gasteiger partial charge in [0, 0.05) is 0 Å². The Labute approximate surface area is 187 Å². The van der Waals surface area contributed by atoms with Crippen LogP contribution in [0, 0.1) is 13.8 Å². The van der Waals surface area contributed by atoms with Gasteiger partial charge in [0.1, 0.15) is 10.6 Å². The number of hydrazone groups is 1. The molecule has 1 aliphatic rings. The Morgan fingerprint density at radius 2 is 1.64 bits per heavy atom. The van der Waals surface area contributed by atoms with Crippen LogP contribution in [0.25, 0.3) is 0 Å². The summed E-state index contributed by atoms with van der Waals surface area (Å²) in [6.45, 7) is 3.07. The van der Waals surface area contributed by atoms with Gasteiger partial charge in [0.05, 0.1) is 10.6 Å². The highest BCUT2D eigenvalue weighted by Crippen LogP contribution is 2.31. The number of aliphatic carboxylic acids is 1. The van der Waals surface area contributed by atoms with E-state index in [-0.39, 0.29) is 11.4 Å². The van der Waals surface area contributed by atoms with Crippen LogP contribution >= 0.6 is 0 Å². The molecule has 3 rings (SSSR count). The number of amides is 1. The normalized spacial score (nSPS) is 17.0. The Bertz CT molecular complexity index is 1430. The van der Waals surface area contributed by atoms with Crippen LogP contribution in [0.5, 0.6) is 0 Å². The summed E-state index contributed by atoms with van der Waals surface area (Å²) in [6, 6.07) is 5.14. The molecule has 1 amide bonds. The number of nitrogens with zero attached hydrogens (tertiary/aromatic N) is 4. The summed E-state index contributed by atoms with van der Waals surface area (Å²) in [5.41, 5.74) is -0.224. The van der Waals surface area contributed by atoms with E-state index in [1.807, 2.05) is 0 Å². The number of hydrogen-bond acceptors (Lipinski definition) is 9. The van der Waals surface area contributed by atoms with Crippen molar-refractivity contribution < 1.29 is 40.6 Å². The lowest BCUT2D eigenvalue weighted by atomic mass is 10.1. The van der Waals surface area contributed by atoms with E-state index in [4.69, 9.17) is 4.55 Å². The van der Waals surface area contributed by atoms with Gasteiger partial charge in [-0.15, -0.1) is 0 Å². The molecule has 0 aliphatic carbocycles. The maximum absolute atomic E-state index is 12.8. The standard InChI is InChI=1S/C18H16N4O9S2/c1-9-7-10(2)14(13(8-9)33(29,30)31)19-20-15-16(18(24)25)21-22(17(15)23)11-3-5-12(6-4-11)32(26,27)28/h3-8,15H,1-2H3,(H,24,25)(H,26,27,28)(H,29,30,31). The molecule has 33 heavy (non-hydrogen) atoms. The zero-order chi connectivity index (χ0) is 24.7. The Morgan fingerprint density at radius 1 is 1.03 bits per heavy atom. The number of carboxylic acids is 1. The van der Waals surface area contributed by atoms with Crippen LogP contribution in [0.1, 0.15) is 11.1 Å². The largest absolute Gasteiger partial charge is 0.477 e. The fourth-order valence-corrected chi connectivity index (χ4v) is 4.27. The van der Waals surface area contributed by atoms with Crippen molar-refractivity contribution in [3.05, 3.63) is 47.5 Å². The van der Waals surface area contributed by atoms with Gasteiger partial charge in [-0.3, -0.25) is 13.9 Å². The van der Waals surface area contributed by atoms with Crippen molar-refractivity contribution in [3.63, 3.8) is 0 Å². The van der Waals surface area contributed by atoms with E-state index in [0.717, 1.165) is 30.3 Å². The summed E-state index contributed by atoms with van der Waals surface area (Å²) in [5, 5.41) is 21.2. The summed E-state index contributed by atoms with van der Waals surface area (Å²) in [5.74, 6) is -2.56. The first-order valence-electron chi connectivity index (χ1n) is 8.93. The molecule has 174 valence electrons. The summed E-state index contributed by atoms with van der Waals surface area (Å²) in [7, 11) is -9.19. The molecule has 0 bridgehead atoms. The molecule has 2 aromatic carbocycles. The van der Waals surface area contributed by atoms with E-state index < -0.39 is 53.7 Å². The van der Waals surface area contributed by atoms with Crippen LogP contribution in [0.2, 0.25) is 0 Å². The number of carbonyl (C=O) groups excluding carboxylic acids is 1. The lowest BCUT2D eigenvalue weighted by molar-refractivity contribution is -0.130. The first-order chi connectivity index (χ1) is 15.2. The maximum atomic E-state index is 12.8. The topological polar surface area (TPSA) is 203 Å². The average Bonchev–Trinajstić information content (AvgIpc) is 3.02.